The third kappa shape index (κ3) is 5.03. The number of benzene rings is 1. The summed E-state index contributed by atoms with van der Waals surface area (Å²) in [4.78, 5) is 0. The minimum Gasteiger partial charge on any atom is -0.310 e. The van der Waals surface area contributed by atoms with Gasteiger partial charge in [-0.1, -0.05) is 51.5 Å². The molecule has 1 N–H and O–H groups in total. The lowest BCUT2D eigenvalue weighted by atomic mass is 10.0. The Kier molecular flexibility index (Phi) is 5.74. The van der Waals surface area contributed by atoms with E-state index in [1.165, 1.54) is 16.7 Å². The highest BCUT2D eigenvalue weighted by atomic mass is 32.2. The monoisotopic (exact) mass is 265 g/mol. The molecule has 102 valence electrons. The van der Waals surface area contributed by atoms with Crippen LogP contribution in [0, 0.1) is 13.8 Å². The number of rotatable bonds is 5. The van der Waals surface area contributed by atoms with Crippen LogP contribution in [-0.4, -0.2) is 17.0 Å². The highest BCUT2D eigenvalue weighted by molar-refractivity contribution is 8.00. The minimum atomic E-state index is 0.326. The van der Waals surface area contributed by atoms with Crippen molar-refractivity contribution >= 4 is 11.8 Å². The quantitative estimate of drug-likeness (QED) is 0.842. The molecule has 0 bridgehead atoms. The molecule has 1 atom stereocenters. The van der Waals surface area contributed by atoms with E-state index in [-0.39, 0.29) is 0 Å². The summed E-state index contributed by atoms with van der Waals surface area (Å²) in [7, 11) is 0. The first-order valence-corrected chi connectivity index (χ1v) is 7.76. The van der Waals surface area contributed by atoms with Gasteiger partial charge in [-0.05, 0) is 31.5 Å². The van der Waals surface area contributed by atoms with E-state index >= 15 is 0 Å². The van der Waals surface area contributed by atoms with Crippen molar-refractivity contribution in [1.29, 1.82) is 0 Å². The Morgan fingerprint density at radius 1 is 1.22 bits per heavy atom. The molecule has 0 fully saturated rings. The zero-order valence-corrected chi connectivity index (χ0v) is 13.4. The molecule has 1 rings (SSSR count). The Balaban J connectivity index is 2.83. The highest BCUT2D eigenvalue weighted by Gasteiger charge is 2.17. The fourth-order valence-corrected chi connectivity index (χ4v) is 3.02. The summed E-state index contributed by atoms with van der Waals surface area (Å²) in [6.45, 7) is 14.4. The second kappa shape index (κ2) is 6.63. The van der Waals surface area contributed by atoms with Crippen LogP contribution in [0.3, 0.4) is 0 Å². The van der Waals surface area contributed by atoms with Crippen molar-refractivity contribution in [3.05, 3.63) is 34.9 Å². The van der Waals surface area contributed by atoms with Crippen molar-refractivity contribution in [2.45, 2.75) is 52.3 Å². The SMILES string of the molecule is CCNC(CSC(C)(C)C)c1ccc(C)cc1C. The van der Waals surface area contributed by atoms with E-state index in [0.29, 0.717) is 10.8 Å². The van der Waals surface area contributed by atoms with E-state index in [1.54, 1.807) is 0 Å². The number of thioether (sulfide) groups is 1. The largest absolute Gasteiger partial charge is 0.310 e. The zero-order valence-electron chi connectivity index (χ0n) is 12.6. The third-order valence-electron chi connectivity index (χ3n) is 2.93. The van der Waals surface area contributed by atoms with Gasteiger partial charge in [-0.25, -0.2) is 0 Å². The van der Waals surface area contributed by atoms with Crippen molar-refractivity contribution in [2.75, 3.05) is 12.3 Å². The molecule has 1 unspecified atom stereocenters. The molecule has 1 aromatic rings. The number of hydrogen-bond acceptors (Lipinski definition) is 2. The van der Waals surface area contributed by atoms with E-state index in [9.17, 15) is 0 Å². The van der Waals surface area contributed by atoms with Gasteiger partial charge in [-0.2, -0.15) is 11.8 Å². The molecule has 0 amide bonds. The van der Waals surface area contributed by atoms with Gasteiger partial charge in [0.1, 0.15) is 0 Å². The average molecular weight is 265 g/mol. The van der Waals surface area contributed by atoms with Crippen LogP contribution in [-0.2, 0) is 0 Å². The lowest BCUT2D eigenvalue weighted by molar-refractivity contribution is 0.600. The lowest BCUT2D eigenvalue weighted by Crippen LogP contribution is -2.25. The van der Waals surface area contributed by atoms with Gasteiger partial charge in [-0.3, -0.25) is 0 Å². The Bertz CT molecular complexity index is 379. The first kappa shape index (κ1) is 15.6. The predicted octanol–water partition coefficient (Wildman–Crippen LogP) is 4.49. The van der Waals surface area contributed by atoms with Gasteiger partial charge >= 0.3 is 0 Å². The van der Waals surface area contributed by atoms with Crippen molar-refractivity contribution in [2.24, 2.45) is 0 Å². The average Bonchev–Trinajstić information content (AvgIpc) is 2.24. The van der Waals surface area contributed by atoms with Gasteiger partial charge in [0.2, 0.25) is 0 Å². The van der Waals surface area contributed by atoms with E-state index in [1.807, 2.05) is 11.8 Å². The maximum absolute atomic E-state index is 3.61. The van der Waals surface area contributed by atoms with Crippen LogP contribution in [0.2, 0.25) is 0 Å². The summed E-state index contributed by atoms with van der Waals surface area (Å²) in [5.74, 6) is 1.13. The molecule has 0 aliphatic heterocycles. The zero-order chi connectivity index (χ0) is 13.8. The molecule has 0 aliphatic rings. The molecule has 2 heteroatoms. The van der Waals surface area contributed by atoms with E-state index in [2.05, 4.69) is 65.1 Å². The molecular weight excluding hydrogens is 238 g/mol. The fraction of sp³-hybridized carbons (Fsp3) is 0.625. The molecule has 0 saturated heterocycles. The predicted molar refractivity (Wildman–Crippen MR) is 84.5 cm³/mol. The molecule has 0 aliphatic carbocycles. The first-order chi connectivity index (χ1) is 8.33. The highest BCUT2D eigenvalue weighted by Crippen LogP contribution is 2.29. The Morgan fingerprint density at radius 2 is 1.89 bits per heavy atom. The summed E-state index contributed by atoms with van der Waals surface area (Å²) >= 11 is 2.03. The van der Waals surface area contributed by atoms with Gasteiger partial charge in [0.15, 0.2) is 0 Å². The minimum absolute atomic E-state index is 0.326. The van der Waals surface area contributed by atoms with Gasteiger partial charge in [0, 0.05) is 16.5 Å². The van der Waals surface area contributed by atoms with Gasteiger partial charge in [-0.15, -0.1) is 0 Å². The van der Waals surface area contributed by atoms with Crippen LogP contribution in [0.1, 0.15) is 50.4 Å². The van der Waals surface area contributed by atoms with Crippen LogP contribution in [0.5, 0.6) is 0 Å². The second-order valence-corrected chi connectivity index (χ2v) is 7.74. The molecule has 18 heavy (non-hydrogen) atoms. The van der Waals surface area contributed by atoms with E-state index in [4.69, 9.17) is 0 Å². The van der Waals surface area contributed by atoms with Gasteiger partial charge < -0.3 is 5.32 Å². The van der Waals surface area contributed by atoms with Gasteiger partial charge in [0.25, 0.3) is 0 Å². The summed E-state index contributed by atoms with van der Waals surface area (Å²) in [5.41, 5.74) is 4.18. The van der Waals surface area contributed by atoms with Crippen LogP contribution in [0.25, 0.3) is 0 Å². The van der Waals surface area contributed by atoms with E-state index < -0.39 is 0 Å². The van der Waals surface area contributed by atoms with Crippen molar-refractivity contribution in [3.8, 4) is 0 Å². The fourth-order valence-electron chi connectivity index (χ4n) is 2.05. The number of aryl methyl sites for hydroxylation is 2. The molecular formula is C16H27NS. The Morgan fingerprint density at radius 3 is 2.39 bits per heavy atom. The molecule has 1 aromatic carbocycles. The summed E-state index contributed by atoms with van der Waals surface area (Å²) in [6.07, 6.45) is 0. The second-order valence-electron chi connectivity index (χ2n) is 5.89. The first-order valence-electron chi connectivity index (χ1n) is 6.78. The third-order valence-corrected chi connectivity index (χ3v) is 4.30. The van der Waals surface area contributed by atoms with Crippen LogP contribution in [0.4, 0.5) is 0 Å². The van der Waals surface area contributed by atoms with Crippen molar-refractivity contribution in [3.63, 3.8) is 0 Å². The molecule has 0 radical (unpaired) electrons. The maximum Gasteiger partial charge on any atom is 0.0414 e. The summed E-state index contributed by atoms with van der Waals surface area (Å²) in [6, 6.07) is 7.23. The molecule has 0 heterocycles. The number of hydrogen-bond donors (Lipinski definition) is 1. The Hall–Kier alpha value is -0.470. The lowest BCUT2D eigenvalue weighted by Gasteiger charge is -2.25. The van der Waals surface area contributed by atoms with Crippen LogP contribution in [0.15, 0.2) is 18.2 Å². The molecule has 0 saturated carbocycles. The number of nitrogens with one attached hydrogen (secondary N) is 1. The molecule has 0 aromatic heterocycles. The maximum atomic E-state index is 3.61. The molecule has 0 spiro atoms. The smallest absolute Gasteiger partial charge is 0.0414 e. The van der Waals surface area contributed by atoms with Crippen LogP contribution >= 0.6 is 11.8 Å². The standard InChI is InChI=1S/C16H27NS/c1-7-17-15(11-18-16(4,5)6)14-9-8-12(2)10-13(14)3/h8-10,15,17H,7,11H2,1-6H3. The van der Waals surface area contributed by atoms with Crippen molar-refractivity contribution < 1.29 is 0 Å². The topological polar surface area (TPSA) is 12.0 Å². The van der Waals surface area contributed by atoms with Crippen molar-refractivity contribution in [1.82, 2.24) is 5.32 Å². The normalized spacial score (nSPS) is 13.7. The molecule has 1 nitrogen and oxygen atoms in total. The summed E-state index contributed by atoms with van der Waals surface area (Å²) < 4.78 is 0.326. The Labute approximate surface area is 117 Å². The van der Waals surface area contributed by atoms with Crippen LogP contribution < -0.4 is 5.32 Å². The summed E-state index contributed by atoms with van der Waals surface area (Å²) in [5, 5.41) is 3.61. The van der Waals surface area contributed by atoms with E-state index in [0.717, 1.165) is 12.3 Å². The van der Waals surface area contributed by atoms with Gasteiger partial charge in [0.05, 0.1) is 0 Å².